The third-order valence-electron chi connectivity index (χ3n) is 6.07. The van der Waals surface area contributed by atoms with Crippen LogP contribution in [0.4, 0.5) is 11.4 Å². The Hall–Kier alpha value is -4.33. The molecule has 8 nitrogen and oxygen atoms in total. The molecular formula is C25H20N4O4. The molecule has 1 saturated heterocycles. The van der Waals surface area contributed by atoms with Crippen LogP contribution in [0.25, 0.3) is 22.0 Å². The predicted octanol–water partition coefficient (Wildman–Crippen LogP) is 3.54. The van der Waals surface area contributed by atoms with Gasteiger partial charge in [0.25, 0.3) is 5.56 Å². The fraction of sp³-hybridized carbons (Fsp3) is 0.160. The van der Waals surface area contributed by atoms with Crippen LogP contribution in [0.1, 0.15) is 6.42 Å². The van der Waals surface area contributed by atoms with Crippen LogP contribution < -0.4 is 25.2 Å². The summed E-state index contributed by atoms with van der Waals surface area (Å²) in [5, 5.41) is 11.5. The number of benzene rings is 3. The molecule has 3 heterocycles. The zero-order chi connectivity index (χ0) is 22.4. The summed E-state index contributed by atoms with van der Waals surface area (Å²) in [6, 6.07) is 20.3. The van der Waals surface area contributed by atoms with Gasteiger partial charge in [-0.05, 0) is 36.8 Å². The van der Waals surface area contributed by atoms with Crippen molar-refractivity contribution in [2.75, 3.05) is 23.6 Å². The van der Waals surface area contributed by atoms with Gasteiger partial charge in [0.05, 0.1) is 11.1 Å². The molecule has 1 atom stereocenters. The highest BCUT2D eigenvalue weighted by Crippen LogP contribution is 2.35. The van der Waals surface area contributed by atoms with E-state index in [1.807, 2.05) is 60.7 Å². The molecule has 6 rings (SSSR count). The summed E-state index contributed by atoms with van der Waals surface area (Å²) in [7, 11) is 0. The maximum absolute atomic E-state index is 13.1. The van der Waals surface area contributed by atoms with E-state index < -0.39 is 0 Å². The second kappa shape index (κ2) is 7.67. The monoisotopic (exact) mass is 440 g/mol. The van der Waals surface area contributed by atoms with Crippen molar-refractivity contribution in [2.45, 2.75) is 12.5 Å². The summed E-state index contributed by atoms with van der Waals surface area (Å²) in [4.78, 5) is 26.9. The number of aromatic amines is 1. The average Bonchev–Trinajstić information content (AvgIpc) is 3.46. The predicted molar refractivity (Wildman–Crippen MR) is 125 cm³/mol. The largest absolute Gasteiger partial charge is 0.454 e. The number of H-pyrrole nitrogens is 1. The van der Waals surface area contributed by atoms with Crippen molar-refractivity contribution in [3.8, 4) is 22.8 Å². The number of rotatable bonds is 4. The molecule has 3 aromatic carbocycles. The second-order valence-corrected chi connectivity index (χ2v) is 8.04. The lowest BCUT2D eigenvalue weighted by Crippen LogP contribution is -2.33. The third-order valence-corrected chi connectivity index (χ3v) is 6.07. The minimum absolute atomic E-state index is 0.0213. The molecule has 2 N–H and O–H groups in total. The van der Waals surface area contributed by atoms with Gasteiger partial charge in [-0.15, -0.1) is 0 Å². The number of nitrogens with one attached hydrogen (secondary N) is 2. The van der Waals surface area contributed by atoms with Crippen molar-refractivity contribution < 1.29 is 14.3 Å². The summed E-state index contributed by atoms with van der Waals surface area (Å²) < 4.78 is 10.8. The number of carbonyl (C=O) groups is 1. The number of anilines is 2. The SMILES string of the molecule is O=C1C(Nc2ccc3c(c2)OCO3)CCN1c1ccc(-c2n[nH]c(=O)c3ccccc23)cc1. The number of fused-ring (bicyclic) bond motifs is 2. The van der Waals surface area contributed by atoms with Gasteiger partial charge in [0, 0.05) is 34.9 Å². The molecule has 0 radical (unpaired) electrons. The van der Waals surface area contributed by atoms with Crippen molar-refractivity contribution in [1.29, 1.82) is 0 Å². The number of nitrogens with zero attached hydrogens (tertiary/aromatic N) is 2. The second-order valence-electron chi connectivity index (χ2n) is 8.04. The lowest BCUT2D eigenvalue weighted by molar-refractivity contribution is -0.117. The van der Waals surface area contributed by atoms with E-state index in [2.05, 4.69) is 15.5 Å². The van der Waals surface area contributed by atoms with Crippen molar-refractivity contribution in [3.05, 3.63) is 77.1 Å². The molecule has 8 heteroatoms. The first kappa shape index (κ1) is 19.4. The summed E-state index contributed by atoms with van der Waals surface area (Å²) in [5.74, 6) is 1.42. The highest BCUT2D eigenvalue weighted by molar-refractivity contribution is 6.01. The lowest BCUT2D eigenvalue weighted by Gasteiger charge is -2.18. The van der Waals surface area contributed by atoms with E-state index in [1.165, 1.54) is 0 Å². The molecule has 2 aliphatic heterocycles. The zero-order valence-electron chi connectivity index (χ0n) is 17.6. The van der Waals surface area contributed by atoms with Gasteiger partial charge < -0.3 is 19.7 Å². The van der Waals surface area contributed by atoms with E-state index in [4.69, 9.17) is 9.47 Å². The smallest absolute Gasteiger partial charge is 0.272 e. The maximum Gasteiger partial charge on any atom is 0.272 e. The van der Waals surface area contributed by atoms with Crippen molar-refractivity contribution in [2.24, 2.45) is 0 Å². The molecule has 0 saturated carbocycles. The Morgan fingerprint density at radius 2 is 1.73 bits per heavy atom. The Balaban J connectivity index is 1.22. The molecular weight excluding hydrogens is 420 g/mol. The Bertz CT molecular complexity index is 1430. The Morgan fingerprint density at radius 3 is 2.58 bits per heavy atom. The van der Waals surface area contributed by atoms with Crippen LogP contribution in [0.5, 0.6) is 11.5 Å². The molecule has 1 fully saturated rings. The Morgan fingerprint density at radius 1 is 0.939 bits per heavy atom. The molecule has 4 aromatic rings. The number of carbonyl (C=O) groups excluding carboxylic acids is 1. The van der Waals surface area contributed by atoms with Gasteiger partial charge in [-0.3, -0.25) is 9.59 Å². The van der Waals surface area contributed by atoms with E-state index in [0.717, 1.165) is 22.3 Å². The molecule has 1 unspecified atom stereocenters. The van der Waals surface area contributed by atoms with E-state index in [0.29, 0.717) is 35.5 Å². The van der Waals surface area contributed by atoms with Gasteiger partial charge in [-0.25, -0.2) is 5.10 Å². The number of hydrogen-bond donors (Lipinski definition) is 2. The molecule has 0 bridgehead atoms. The van der Waals surface area contributed by atoms with Gasteiger partial charge >= 0.3 is 0 Å². The number of amides is 1. The highest BCUT2D eigenvalue weighted by Gasteiger charge is 2.32. The first-order chi connectivity index (χ1) is 16.2. The molecule has 0 aliphatic carbocycles. The van der Waals surface area contributed by atoms with Crippen LogP contribution in [0.3, 0.4) is 0 Å². The van der Waals surface area contributed by atoms with Crippen LogP contribution in [0.2, 0.25) is 0 Å². The zero-order valence-corrected chi connectivity index (χ0v) is 17.6. The van der Waals surface area contributed by atoms with Gasteiger partial charge in [0.15, 0.2) is 11.5 Å². The fourth-order valence-corrected chi connectivity index (χ4v) is 4.39. The van der Waals surface area contributed by atoms with E-state index in [-0.39, 0.29) is 24.3 Å². The summed E-state index contributed by atoms with van der Waals surface area (Å²) in [6.07, 6.45) is 0.696. The van der Waals surface area contributed by atoms with Crippen LogP contribution >= 0.6 is 0 Å². The van der Waals surface area contributed by atoms with Gasteiger partial charge in [0.1, 0.15) is 6.04 Å². The lowest BCUT2D eigenvalue weighted by atomic mass is 10.0. The van der Waals surface area contributed by atoms with Crippen LogP contribution in [0, 0.1) is 0 Å². The minimum Gasteiger partial charge on any atom is -0.454 e. The molecule has 1 amide bonds. The number of ether oxygens (including phenoxy) is 2. The Labute approximate surface area is 188 Å². The molecule has 33 heavy (non-hydrogen) atoms. The molecule has 2 aliphatic rings. The first-order valence-corrected chi connectivity index (χ1v) is 10.7. The number of aromatic nitrogens is 2. The summed E-state index contributed by atoms with van der Waals surface area (Å²) in [6.45, 7) is 0.843. The maximum atomic E-state index is 13.1. The van der Waals surface area contributed by atoms with Crippen molar-refractivity contribution >= 4 is 28.1 Å². The quantitative estimate of drug-likeness (QED) is 0.504. The topological polar surface area (TPSA) is 96.6 Å². The van der Waals surface area contributed by atoms with Crippen molar-refractivity contribution in [3.63, 3.8) is 0 Å². The van der Waals surface area contributed by atoms with Gasteiger partial charge in [-0.1, -0.05) is 30.3 Å². The highest BCUT2D eigenvalue weighted by atomic mass is 16.7. The van der Waals surface area contributed by atoms with E-state index in [1.54, 1.807) is 11.0 Å². The van der Waals surface area contributed by atoms with Crippen LogP contribution in [-0.4, -0.2) is 35.5 Å². The average molecular weight is 440 g/mol. The standard InChI is InChI=1S/C25H20N4O4/c30-24-19-4-2-1-3-18(19)23(27-28-24)15-5-8-17(9-6-15)29-12-11-20(25(29)31)26-16-7-10-21-22(13-16)33-14-32-21/h1-10,13,20,26H,11-12,14H2,(H,28,30). The summed E-state index contributed by atoms with van der Waals surface area (Å²) >= 11 is 0. The van der Waals surface area contributed by atoms with Gasteiger partial charge in [0.2, 0.25) is 12.7 Å². The molecule has 0 spiro atoms. The third kappa shape index (κ3) is 3.36. The van der Waals surface area contributed by atoms with Crippen molar-refractivity contribution in [1.82, 2.24) is 10.2 Å². The minimum atomic E-state index is -0.310. The van der Waals surface area contributed by atoms with Gasteiger partial charge in [-0.2, -0.15) is 5.10 Å². The fourth-order valence-electron chi connectivity index (χ4n) is 4.39. The molecule has 164 valence electrons. The van der Waals surface area contributed by atoms with E-state index >= 15 is 0 Å². The normalized spacial score (nSPS) is 17.0. The van der Waals surface area contributed by atoms with Crippen LogP contribution in [0.15, 0.2) is 71.5 Å². The molecule has 1 aromatic heterocycles. The van der Waals surface area contributed by atoms with Crippen LogP contribution in [-0.2, 0) is 4.79 Å². The van der Waals surface area contributed by atoms with E-state index in [9.17, 15) is 9.59 Å². The first-order valence-electron chi connectivity index (χ1n) is 10.7. The Kier molecular flexibility index (Phi) is 4.50. The number of hydrogen-bond acceptors (Lipinski definition) is 6. The summed E-state index contributed by atoms with van der Waals surface area (Å²) in [5.41, 5.74) is 3.01.